The lowest BCUT2D eigenvalue weighted by Gasteiger charge is -2.20. The summed E-state index contributed by atoms with van der Waals surface area (Å²) >= 11 is 0. The van der Waals surface area contributed by atoms with Gasteiger partial charge in [0, 0.05) is 27.1 Å². The van der Waals surface area contributed by atoms with Gasteiger partial charge >= 0.3 is 8.24 Å². The number of aryl methyl sites for hydroxylation is 1. The zero-order valence-corrected chi connectivity index (χ0v) is 23.4. The molecule has 0 aliphatic heterocycles. The minimum absolute atomic E-state index is 0.141. The number of rotatable bonds is 2. The quantitative estimate of drug-likeness (QED) is 0.209. The molecular weight excluding hydrogens is 499 g/mol. The van der Waals surface area contributed by atoms with Crippen LogP contribution in [0.15, 0.2) is 112 Å². The first-order valence-corrected chi connectivity index (χ1v) is 14.4. The molecule has 0 saturated heterocycles. The van der Waals surface area contributed by atoms with Gasteiger partial charge in [0.05, 0.1) is 0 Å². The van der Waals surface area contributed by atoms with Crippen LogP contribution in [-0.2, 0) is 5.41 Å². The number of fused-ring (bicyclic) bond motifs is 7. The van der Waals surface area contributed by atoms with Crippen molar-refractivity contribution in [2.45, 2.75) is 33.1 Å². The maximum absolute atomic E-state index is 6.82. The Morgan fingerprint density at radius 3 is 1.90 bits per heavy atom. The second-order valence-corrected chi connectivity index (χ2v) is 12.2. The summed E-state index contributed by atoms with van der Waals surface area (Å²) in [5, 5.41) is 8.71. The van der Waals surface area contributed by atoms with Crippen molar-refractivity contribution in [2.75, 3.05) is 0 Å². The van der Waals surface area contributed by atoms with Gasteiger partial charge in [-0.15, -0.1) is 0 Å². The Morgan fingerprint density at radius 1 is 0.615 bits per heavy atom. The lowest BCUT2D eigenvalue weighted by atomic mass is 9.84. The summed E-state index contributed by atoms with van der Waals surface area (Å²) in [4.78, 5) is 0. The van der Waals surface area contributed by atoms with Crippen LogP contribution >= 0.6 is 8.24 Å². The highest BCUT2D eigenvalue weighted by molar-refractivity contribution is 7.32. The van der Waals surface area contributed by atoms with Gasteiger partial charge in [-0.3, -0.25) is 0 Å². The molecule has 1 unspecified atom stereocenters. The van der Waals surface area contributed by atoms with E-state index in [9.17, 15) is 0 Å². The molecule has 0 aliphatic carbocycles. The summed E-state index contributed by atoms with van der Waals surface area (Å²) < 4.78 is 20.3. The Hall–Kier alpha value is -4.20. The average molecular weight is 529 g/mol. The number of benzene rings is 6. The Kier molecular flexibility index (Phi) is 5.47. The molecule has 192 valence electrons. The van der Waals surface area contributed by atoms with Crippen LogP contribution in [0.4, 0.5) is 0 Å². The van der Waals surface area contributed by atoms with E-state index < -0.39 is 8.24 Å². The van der Waals surface area contributed by atoms with Gasteiger partial charge < -0.3 is 12.9 Å². The Morgan fingerprint density at radius 2 is 1.23 bits per heavy atom. The maximum atomic E-state index is 6.82. The van der Waals surface area contributed by atoms with Crippen LogP contribution in [0.3, 0.4) is 0 Å². The molecular formula is C35H29O3P. The summed E-state index contributed by atoms with van der Waals surface area (Å²) in [5.41, 5.74) is 3.79. The molecule has 3 nitrogen and oxygen atoms in total. The predicted octanol–water partition coefficient (Wildman–Crippen LogP) is 11.2. The molecule has 6 aromatic carbocycles. The summed E-state index contributed by atoms with van der Waals surface area (Å²) in [7, 11) is -1.82. The van der Waals surface area contributed by atoms with Gasteiger partial charge in [0.15, 0.2) is 5.75 Å². The van der Waals surface area contributed by atoms with E-state index in [0.717, 1.165) is 65.6 Å². The molecule has 7 aromatic rings. The largest absolute Gasteiger partial charge is 0.453 e. The average Bonchev–Trinajstić information content (AvgIpc) is 3.08. The summed E-state index contributed by atoms with van der Waals surface area (Å²) in [6, 6.07) is 35.9. The summed E-state index contributed by atoms with van der Waals surface area (Å²) in [5.74, 6) is 0.782. The highest BCUT2D eigenvalue weighted by Gasteiger charge is 2.23. The SMILES string of the molecule is Cc1cc(C(C)(C)C)c2op(Oc3c4ccccc4cc4ccccc34)oc3ccc4ccccc4c3c2c1. The summed E-state index contributed by atoms with van der Waals surface area (Å²) in [6.07, 6.45) is 0. The first-order valence-electron chi connectivity index (χ1n) is 13.3. The molecule has 0 N–H and O–H groups in total. The van der Waals surface area contributed by atoms with Gasteiger partial charge in [-0.05, 0) is 57.6 Å². The second kappa shape index (κ2) is 8.93. The van der Waals surface area contributed by atoms with Crippen molar-refractivity contribution in [3.8, 4) is 5.75 Å². The van der Waals surface area contributed by atoms with Crippen molar-refractivity contribution in [1.29, 1.82) is 0 Å². The van der Waals surface area contributed by atoms with Crippen molar-refractivity contribution in [3.63, 3.8) is 0 Å². The van der Waals surface area contributed by atoms with Gasteiger partial charge in [-0.25, -0.2) is 0 Å². The fourth-order valence-corrected chi connectivity index (χ4v) is 6.69. The van der Waals surface area contributed by atoms with Crippen molar-refractivity contribution < 1.29 is 12.9 Å². The minimum Gasteiger partial charge on any atom is -0.390 e. The van der Waals surface area contributed by atoms with Gasteiger partial charge in [0.1, 0.15) is 11.2 Å². The van der Waals surface area contributed by atoms with Crippen molar-refractivity contribution >= 4 is 62.5 Å². The Labute approximate surface area is 228 Å². The van der Waals surface area contributed by atoms with Gasteiger partial charge in [-0.1, -0.05) is 106 Å². The zero-order valence-electron chi connectivity index (χ0n) is 22.5. The molecule has 0 radical (unpaired) electrons. The fourth-order valence-electron chi connectivity index (χ4n) is 5.58. The number of hydrogen-bond acceptors (Lipinski definition) is 3. The molecule has 0 aliphatic rings. The van der Waals surface area contributed by atoms with Crippen LogP contribution in [0.25, 0.3) is 54.3 Å². The van der Waals surface area contributed by atoms with Crippen LogP contribution in [0, 0.1) is 6.92 Å². The molecule has 0 saturated carbocycles. The minimum atomic E-state index is -1.82. The third-order valence-corrected chi connectivity index (χ3v) is 8.44. The standard InChI is InChI=1S/C35H29O3P/c1-22-19-29-32-26-14-8-5-11-23(26)17-18-31(32)36-39(38-34(29)30(20-22)35(2,3)4)37-33-27-15-9-6-12-24(27)21-25-13-7-10-16-28(25)33/h5-21H,1-4H3. The highest BCUT2D eigenvalue weighted by Crippen LogP contribution is 2.45. The first kappa shape index (κ1) is 23.9. The Balaban J connectivity index is 1.62. The molecule has 39 heavy (non-hydrogen) atoms. The topological polar surface area (TPSA) is 35.5 Å². The van der Waals surface area contributed by atoms with Gasteiger partial charge in [0.2, 0.25) is 0 Å². The maximum Gasteiger partial charge on any atom is 0.453 e. The van der Waals surface area contributed by atoms with Crippen LogP contribution in [0.1, 0.15) is 31.9 Å². The smallest absolute Gasteiger partial charge is 0.390 e. The van der Waals surface area contributed by atoms with E-state index in [1.165, 1.54) is 5.56 Å². The van der Waals surface area contributed by atoms with E-state index in [-0.39, 0.29) is 5.41 Å². The molecule has 0 bridgehead atoms. The monoisotopic (exact) mass is 528 g/mol. The first-order chi connectivity index (χ1) is 18.9. The van der Waals surface area contributed by atoms with Crippen molar-refractivity contribution in [3.05, 3.63) is 114 Å². The van der Waals surface area contributed by atoms with Crippen LogP contribution in [0.2, 0.25) is 0 Å². The molecule has 0 amide bonds. The zero-order chi connectivity index (χ0) is 26.7. The summed E-state index contributed by atoms with van der Waals surface area (Å²) in [6.45, 7) is 8.82. The van der Waals surface area contributed by atoms with E-state index in [0.29, 0.717) is 0 Å². The molecule has 4 heteroatoms. The van der Waals surface area contributed by atoms with Crippen LogP contribution in [0.5, 0.6) is 5.75 Å². The van der Waals surface area contributed by atoms with Crippen molar-refractivity contribution in [1.82, 2.24) is 0 Å². The van der Waals surface area contributed by atoms with E-state index in [2.05, 4.69) is 119 Å². The third-order valence-electron chi connectivity index (χ3n) is 7.43. The molecule has 1 heterocycles. The van der Waals surface area contributed by atoms with E-state index in [1.807, 2.05) is 12.1 Å². The van der Waals surface area contributed by atoms with E-state index in [4.69, 9.17) is 12.9 Å². The van der Waals surface area contributed by atoms with Crippen molar-refractivity contribution in [2.24, 2.45) is 0 Å². The molecule has 7 rings (SSSR count). The lowest BCUT2D eigenvalue weighted by molar-refractivity contribution is 0.499. The molecule has 1 atom stereocenters. The molecule has 0 fully saturated rings. The Bertz CT molecular complexity index is 2040. The normalized spacial score (nSPS) is 12.6. The van der Waals surface area contributed by atoms with Gasteiger partial charge in [-0.2, -0.15) is 0 Å². The predicted molar refractivity (Wildman–Crippen MR) is 165 cm³/mol. The highest BCUT2D eigenvalue weighted by atomic mass is 31.1. The third kappa shape index (κ3) is 4.06. The number of hydrogen-bond donors (Lipinski definition) is 0. The molecule has 0 spiro atoms. The van der Waals surface area contributed by atoms with Crippen LogP contribution < -0.4 is 4.52 Å². The van der Waals surface area contributed by atoms with Crippen LogP contribution in [-0.4, -0.2) is 0 Å². The fraction of sp³-hybridized carbons (Fsp3) is 0.143. The van der Waals surface area contributed by atoms with E-state index >= 15 is 0 Å². The second-order valence-electron chi connectivity index (χ2n) is 11.2. The van der Waals surface area contributed by atoms with Gasteiger partial charge in [0.25, 0.3) is 0 Å². The van der Waals surface area contributed by atoms with E-state index in [1.54, 1.807) is 0 Å². The molecule has 1 aromatic heterocycles. The lowest BCUT2D eigenvalue weighted by Crippen LogP contribution is -2.11.